The van der Waals surface area contributed by atoms with Crippen molar-refractivity contribution in [2.75, 3.05) is 0 Å². The van der Waals surface area contributed by atoms with E-state index in [1.165, 1.54) is 29.8 Å². The van der Waals surface area contributed by atoms with Gasteiger partial charge >= 0.3 is 29.6 Å². The van der Waals surface area contributed by atoms with Gasteiger partial charge in [0, 0.05) is 0 Å². The van der Waals surface area contributed by atoms with Crippen LogP contribution in [0.25, 0.3) is 0 Å². The van der Waals surface area contributed by atoms with Gasteiger partial charge in [0.05, 0.1) is 16.3 Å². The summed E-state index contributed by atoms with van der Waals surface area (Å²) in [6.07, 6.45) is 0. The quantitative estimate of drug-likeness (QED) is 0.480. The number of azo groups is 1. The first-order valence-corrected chi connectivity index (χ1v) is 7.85. The Bertz CT molecular complexity index is 739. The first kappa shape index (κ1) is 19.0. The van der Waals surface area contributed by atoms with Crippen molar-refractivity contribution >= 4 is 21.5 Å². The van der Waals surface area contributed by atoms with Crippen LogP contribution in [0.4, 0.5) is 11.4 Å². The average Bonchev–Trinajstić information content (AvgIpc) is 2.45. The standard InChI is InChI=1S/C15H16N2O3S.Na/c1-11(2)12-3-5-13(6-4-12)16-17-14-7-9-15(10-8-14)21(18,19)20;/h3-11H,1-2H3,(H,18,19,20);/q;+1/p-1. The van der Waals surface area contributed by atoms with Gasteiger partial charge in [-0.3, -0.25) is 0 Å². The summed E-state index contributed by atoms with van der Waals surface area (Å²) in [4.78, 5) is -0.275. The molecule has 7 heteroatoms. The summed E-state index contributed by atoms with van der Waals surface area (Å²) >= 11 is 0. The van der Waals surface area contributed by atoms with Crippen molar-refractivity contribution in [2.24, 2.45) is 10.2 Å². The Hall–Kier alpha value is -1.05. The first-order chi connectivity index (χ1) is 9.86. The normalized spacial score (nSPS) is 11.6. The van der Waals surface area contributed by atoms with E-state index in [0.29, 0.717) is 17.3 Å². The third-order valence-electron chi connectivity index (χ3n) is 2.97. The van der Waals surface area contributed by atoms with Gasteiger partial charge in [0.25, 0.3) is 0 Å². The summed E-state index contributed by atoms with van der Waals surface area (Å²) in [5.41, 5.74) is 2.41. The van der Waals surface area contributed by atoms with Gasteiger partial charge in [-0.05, 0) is 47.9 Å². The van der Waals surface area contributed by atoms with Crippen molar-refractivity contribution in [2.45, 2.75) is 24.7 Å². The summed E-state index contributed by atoms with van der Waals surface area (Å²) in [6.45, 7) is 4.23. The van der Waals surface area contributed by atoms with E-state index in [1.54, 1.807) is 0 Å². The zero-order valence-electron chi connectivity index (χ0n) is 12.7. The van der Waals surface area contributed by atoms with E-state index in [2.05, 4.69) is 24.1 Å². The third-order valence-corrected chi connectivity index (χ3v) is 3.82. The van der Waals surface area contributed by atoms with E-state index in [1.807, 2.05) is 24.3 Å². The van der Waals surface area contributed by atoms with Gasteiger partial charge in [-0.25, -0.2) is 8.42 Å². The Morgan fingerprint density at radius 2 is 1.27 bits per heavy atom. The second-order valence-corrected chi connectivity index (χ2v) is 6.27. The number of benzene rings is 2. The predicted octanol–water partition coefficient (Wildman–Crippen LogP) is 1.13. The average molecular weight is 326 g/mol. The summed E-state index contributed by atoms with van der Waals surface area (Å²) in [5, 5.41) is 8.07. The fourth-order valence-electron chi connectivity index (χ4n) is 1.72. The van der Waals surface area contributed by atoms with Gasteiger partial charge in [-0.1, -0.05) is 26.0 Å². The maximum Gasteiger partial charge on any atom is 1.00 e. The van der Waals surface area contributed by atoms with Crippen LogP contribution in [-0.2, 0) is 10.1 Å². The Morgan fingerprint density at radius 1 is 0.864 bits per heavy atom. The molecule has 0 unspecified atom stereocenters. The van der Waals surface area contributed by atoms with Crippen LogP contribution < -0.4 is 29.6 Å². The fourth-order valence-corrected chi connectivity index (χ4v) is 2.19. The van der Waals surface area contributed by atoms with E-state index in [0.717, 1.165) is 0 Å². The maximum absolute atomic E-state index is 10.8. The molecule has 0 saturated heterocycles. The van der Waals surface area contributed by atoms with Gasteiger partial charge in [-0.15, -0.1) is 0 Å². The minimum atomic E-state index is -4.42. The molecule has 22 heavy (non-hydrogen) atoms. The zero-order chi connectivity index (χ0) is 15.5. The van der Waals surface area contributed by atoms with Crippen LogP contribution in [0.15, 0.2) is 63.7 Å². The van der Waals surface area contributed by atoms with Crippen molar-refractivity contribution in [3.05, 3.63) is 54.1 Å². The fraction of sp³-hybridized carbons (Fsp3) is 0.200. The summed E-state index contributed by atoms with van der Waals surface area (Å²) < 4.78 is 32.4. The predicted molar refractivity (Wildman–Crippen MR) is 79.1 cm³/mol. The topological polar surface area (TPSA) is 81.9 Å². The Labute approximate surface area is 152 Å². The van der Waals surface area contributed by atoms with E-state index in [-0.39, 0.29) is 34.5 Å². The van der Waals surface area contributed by atoms with Crippen molar-refractivity contribution in [1.82, 2.24) is 0 Å². The first-order valence-electron chi connectivity index (χ1n) is 6.44. The van der Waals surface area contributed by atoms with Crippen molar-refractivity contribution in [3.63, 3.8) is 0 Å². The molecule has 2 rings (SSSR count). The number of nitrogens with zero attached hydrogens (tertiary/aromatic N) is 2. The molecule has 2 aromatic carbocycles. The summed E-state index contributed by atoms with van der Waals surface area (Å²) in [6, 6.07) is 13.0. The Kier molecular flexibility index (Phi) is 6.90. The molecule has 0 bridgehead atoms. The van der Waals surface area contributed by atoms with E-state index >= 15 is 0 Å². The molecule has 0 amide bonds. The molecule has 0 saturated carbocycles. The second kappa shape index (κ2) is 7.99. The minimum Gasteiger partial charge on any atom is -0.744 e. The molecule has 0 aliphatic heterocycles. The molecule has 0 aliphatic rings. The molecule has 2 aromatic rings. The number of rotatable bonds is 4. The van der Waals surface area contributed by atoms with Gasteiger partial charge in [0.1, 0.15) is 10.1 Å². The molecule has 0 heterocycles. The second-order valence-electron chi connectivity index (χ2n) is 4.89. The Morgan fingerprint density at radius 3 is 1.64 bits per heavy atom. The summed E-state index contributed by atoms with van der Waals surface area (Å²) in [7, 11) is -4.42. The monoisotopic (exact) mass is 326 g/mol. The minimum absolute atomic E-state index is 0. The molecule has 0 spiro atoms. The van der Waals surface area contributed by atoms with Gasteiger partial charge < -0.3 is 4.55 Å². The van der Waals surface area contributed by atoms with E-state index in [4.69, 9.17) is 0 Å². The van der Waals surface area contributed by atoms with Crippen molar-refractivity contribution < 1.29 is 42.5 Å². The molecule has 0 N–H and O–H groups in total. The number of hydrogen-bond donors (Lipinski definition) is 0. The molecule has 5 nitrogen and oxygen atoms in total. The summed E-state index contributed by atoms with van der Waals surface area (Å²) in [5.74, 6) is 0.456. The molecule has 0 atom stereocenters. The third kappa shape index (κ3) is 5.30. The van der Waals surface area contributed by atoms with Crippen molar-refractivity contribution in [3.8, 4) is 0 Å². The molecule has 0 radical (unpaired) electrons. The van der Waals surface area contributed by atoms with Gasteiger partial charge in [0.15, 0.2) is 0 Å². The van der Waals surface area contributed by atoms with Crippen LogP contribution in [0.5, 0.6) is 0 Å². The largest absolute Gasteiger partial charge is 1.00 e. The molecular formula is C15H15N2NaO3S. The van der Waals surface area contributed by atoms with Gasteiger partial charge in [0.2, 0.25) is 0 Å². The van der Waals surface area contributed by atoms with Crippen LogP contribution in [0.3, 0.4) is 0 Å². The van der Waals surface area contributed by atoms with E-state index < -0.39 is 10.1 Å². The molecule has 0 aliphatic carbocycles. The smallest absolute Gasteiger partial charge is 0.744 e. The van der Waals surface area contributed by atoms with Crippen LogP contribution in [0, 0.1) is 0 Å². The van der Waals surface area contributed by atoms with Crippen LogP contribution in [-0.4, -0.2) is 13.0 Å². The van der Waals surface area contributed by atoms with E-state index in [9.17, 15) is 13.0 Å². The Balaban J connectivity index is 0.00000242. The molecule has 0 aromatic heterocycles. The van der Waals surface area contributed by atoms with Crippen LogP contribution in [0.1, 0.15) is 25.3 Å². The molecular weight excluding hydrogens is 311 g/mol. The number of hydrogen-bond acceptors (Lipinski definition) is 5. The molecule has 0 fully saturated rings. The van der Waals surface area contributed by atoms with Crippen LogP contribution in [0.2, 0.25) is 0 Å². The maximum atomic E-state index is 10.8. The molecule has 110 valence electrons. The van der Waals surface area contributed by atoms with Gasteiger partial charge in [-0.2, -0.15) is 10.2 Å². The van der Waals surface area contributed by atoms with Crippen LogP contribution >= 0.6 is 0 Å². The SMILES string of the molecule is CC(C)c1ccc(N=Nc2ccc(S(=O)(=O)[O-])cc2)cc1.[Na+]. The van der Waals surface area contributed by atoms with Crippen molar-refractivity contribution in [1.29, 1.82) is 0 Å². The zero-order valence-corrected chi connectivity index (χ0v) is 15.5.